The maximum atomic E-state index is 5.47. The molecule has 0 heterocycles. The zero-order chi connectivity index (χ0) is 14.9. The fourth-order valence-corrected chi connectivity index (χ4v) is 3.53. The largest absolute Gasteiger partial charge is 0.496 e. The van der Waals surface area contributed by atoms with E-state index in [9.17, 15) is 0 Å². The Morgan fingerprint density at radius 3 is 2.57 bits per heavy atom. The van der Waals surface area contributed by atoms with Gasteiger partial charge in [0, 0.05) is 18.0 Å². The molecule has 0 spiro atoms. The molecule has 0 amide bonds. The molecule has 1 saturated carbocycles. The van der Waals surface area contributed by atoms with Crippen LogP contribution in [0.1, 0.15) is 38.7 Å². The Hall–Kier alpha value is -1.54. The monoisotopic (exact) mass is 283 g/mol. The van der Waals surface area contributed by atoms with Crippen LogP contribution in [0, 0.1) is 5.41 Å². The lowest BCUT2D eigenvalue weighted by atomic mass is 9.92. The van der Waals surface area contributed by atoms with E-state index in [2.05, 4.69) is 55.6 Å². The number of hydrogen-bond donors (Lipinski definition) is 1. The van der Waals surface area contributed by atoms with Gasteiger partial charge in [0.25, 0.3) is 0 Å². The lowest BCUT2D eigenvalue weighted by molar-refractivity contribution is 0.364. The number of methoxy groups -OCH3 is 1. The predicted molar refractivity (Wildman–Crippen MR) is 88.8 cm³/mol. The summed E-state index contributed by atoms with van der Waals surface area (Å²) in [7, 11) is 1.74. The van der Waals surface area contributed by atoms with Crippen molar-refractivity contribution >= 4 is 10.8 Å². The van der Waals surface area contributed by atoms with Gasteiger partial charge in [-0.15, -0.1) is 0 Å². The number of benzene rings is 2. The van der Waals surface area contributed by atoms with E-state index in [1.807, 2.05) is 0 Å². The van der Waals surface area contributed by atoms with Crippen LogP contribution in [-0.4, -0.2) is 13.2 Å². The van der Waals surface area contributed by atoms with Crippen LogP contribution in [-0.2, 0) is 6.54 Å². The first-order chi connectivity index (χ1) is 10.1. The van der Waals surface area contributed by atoms with Crippen LogP contribution < -0.4 is 10.1 Å². The van der Waals surface area contributed by atoms with Crippen LogP contribution in [0.25, 0.3) is 10.8 Å². The Bertz CT molecular complexity index is 632. The molecule has 1 N–H and O–H groups in total. The second kappa shape index (κ2) is 5.69. The van der Waals surface area contributed by atoms with Gasteiger partial charge in [-0.25, -0.2) is 0 Å². The van der Waals surface area contributed by atoms with Crippen molar-refractivity contribution in [2.45, 2.75) is 45.7 Å². The molecule has 0 aromatic heterocycles. The van der Waals surface area contributed by atoms with E-state index < -0.39 is 0 Å². The van der Waals surface area contributed by atoms with E-state index in [4.69, 9.17) is 4.74 Å². The predicted octanol–water partition coefficient (Wildman–Crippen LogP) is 4.52. The van der Waals surface area contributed by atoms with E-state index in [1.165, 1.54) is 35.6 Å². The van der Waals surface area contributed by atoms with Crippen molar-refractivity contribution in [2.75, 3.05) is 7.11 Å². The first-order valence-electron chi connectivity index (χ1n) is 7.87. The highest BCUT2D eigenvalue weighted by Gasteiger charge is 2.30. The summed E-state index contributed by atoms with van der Waals surface area (Å²) in [5, 5.41) is 6.24. The Morgan fingerprint density at radius 2 is 1.90 bits per heavy atom. The van der Waals surface area contributed by atoms with Crippen molar-refractivity contribution < 1.29 is 4.74 Å². The van der Waals surface area contributed by atoms with Crippen molar-refractivity contribution in [1.29, 1.82) is 0 Å². The summed E-state index contributed by atoms with van der Waals surface area (Å²) >= 11 is 0. The third kappa shape index (κ3) is 3.06. The summed E-state index contributed by atoms with van der Waals surface area (Å²) in [4.78, 5) is 0. The molecule has 0 aliphatic heterocycles. The second-order valence-electron chi connectivity index (χ2n) is 6.96. The van der Waals surface area contributed by atoms with Gasteiger partial charge in [0.15, 0.2) is 0 Å². The van der Waals surface area contributed by atoms with Crippen molar-refractivity contribution in [3.05, 3.63) is 42.0 Å². The SMILES string of the molecule is COc1ccc(CNC2CCC(C)(C)C2)c2ccccc12. The van der Waals surface area contributed by atoms with E-state index in [0.717, 1.165) is 12.3 Å². The van der Waals surface area contributed by atoms with Crippen molar-refractivity contribution in [2.24, 2.45) is 5.41 Å². The molecule has 2 aromatic rings. The molecule has 2 heteroatoms. The minimum Gasteiger partial charge on any atom is -0.496 e. The average molecular weight is 283 g/mol. The fourth-order valence-electron chi connectivity index (χ4n) is 3.53. The van der Waals surface area contributed by atoms with E-state index in [0.29, 0.717) is 11.5 Å². The molecule has 112 valence electrons. The van der Waals surface area contributed by atoms with Crippen LogP contribution in [0.4, 0.5) is 0 Å². The molecule has 2 aromatic carbocycles. The average Bonchev–Trinajstić information content (AvgIpc) is 2.84. The maximum absolute atomic E-state index is 5.47. The molecule has 1 atom stereocenters. The second-order valence-corrected chi connectivity index (χ2v) is 6.96. The molecular formula is C19H25NO. The number of ether oxygens (including phenoxy) is 1. The normalized spacial score (nSPS) is 20.8. The van der Waals surface area contributed by atoms with Crippen LogP contribution in [0.3, 0.4) is 0 Å². The minimum absolute atomic E-state index is 0.500. The van der Waals surface area contributed by atoms with Gasteiger partial charge >= 0.3 is 0 Å². The zero-order valence-electron chi connectivity index (χ0n) is 13.3. The number of rotatable bonds is 4. The summed E-state index contributed by atoms with van der Waals surface area (Å²) in [5.41, 5.74) is 1.86. The molecule has 0 radical (unpaired) electrons. The summed E-state index contributed by atoms with van der Waals surface area (Å²) in [6.45, 7) is 5.68. The molecule has 1 aliphatic carbocycles. The number of hydrogen-bond acceptors (Lipinski definition) is 2. The van der Waals surface area contributed by atoms with Gasteiger partial charge in [-0.3, -0.25) is 0 Å². The molecule has 2 nitrogen and oxygen atoms in total. The van der Waals surface area contributed by atoms with E-state index >= 15 is 0 Å². The molecule has 1 unspecified atom stereocenters. The van der Waals surface area contributed by atoms with Gasteiger partial charge in [-0.2, -0.15) is 0 Å². The van der Waals surface area contributed by atoms with Crippen LogP contribution in [0.15, 0.2) is 36.4 Å². The Morgan fingerprint density at radius 1 is 1.14 bits per heavy atom. The summed E-state index contributed by atoms with van der Waals surface area (Å²) < 4.78 is 5.47. The quantitative estimate of drug-likeness (QED) is 0.891. The molecule has 21 heavy (non-hydrogen) atoms. The Balaban J connectivity index is 1.79. The summed E-state index contributed by atoms with van der Waals surface area (Å²) in [6.07, 6.45) is 3.90. The van der Waals surface area contributed by atoms with Gasteiger partial charge in [-0.1, -0.05) is 44.2 Å². The summed E-state index contributed by atoms with van der Waals surface area (Å²) in [6, 6.07) is 13.4. The maximum Gasteiger partial charge on any atom is 0.126 e. The Kier molecular flexibility index (Phi) is 3.90. The molecule has 0 saturated heterocycles. The standard InChI is InChI=1S/C19H25NO/c1-19(2)11-10-15(12-19)20-13-14-8-9-18(21-3)17-7-5-4-6-16(14)17/h4-9,15,20H,10-13H2,1-3H3. The Labute approximate surface area is 127 Å². The number of fused-ring (bicyclic) bond motifs is 1. The van der Waals surface area contributed by atoms with Crippen molar-refractivity contribution in [1.82, 2.24) is 5.32 Å². The first kappa shape index (κ1) is 14.4. The molecule has 3 rings (SSSR count). The van der Waals surface area contributed by atoms with Gasteiger partial charge in [0.2, 0.25) is 0 Å². The van der Waals surface area contributed by atoms with Crippen LogP contribution in [0.5, 0.6) is 5.75 Å². The smallest absolute Gasteiger partial charge is 0.126 e. The van der Waals surface area contributed by atoms with Crippen LogP contribution in [0.2, 0.25) is 0 Å². The highest BCUT2D eigenvalue weighted by atomic mass is 16.5. The molecular weight excluding hydrogens is 258 g/mol. The van der Waals surface area contributed by atoms with Crippen LogP contribution >= 0.6 is 0 Å². The van der Waals surface area contributed by atoms with Crippen molar-refractivity contribution in [3.63, 3.8) is 0 Å². The lowest BCUT2D eigenvalue weighted by Crippen LogP contribution is -2.26. The van der Waals surface area contributed by atoms with Gasteiger partial charge in [-0.05, 0) is 41.7 Å². The third-order valence-corrected chi connectivity index (χ3v) is 4.74. The third-order valence-electron chi connectivity index (χ3n) is 4.74. The zero-order valence-corrected chi connectivity index (χ0v) is 13.3. The van der Waals surface area contributed by atoms with E-state index in [-0.39, 0.29) is 0 Å². The van der Waals surface area contributed by atoms with Crippen molar-refractivity contribution in [3.8, 4) is 5.75 Å². The molecule has 1 fully saturated rings. The van der Waals surface area contributed by atoms with Gasteiger partial charge in [0.1, 0.15) is 5.75 Å². The van der Waals surface area contributed by atoms with Gasteiger partial charge < -0.3 is 10.1 Å². The fraction of sp³-hybridized carbons (Fsp3) is 0.474. The van der Waals surface area contributed by atoms with Gasteiger partial charge in [0.05, 0.1) is 7.11 Å². The molecule has 0 bridgehead atoms. The summed E-state index contributed by atoms with van der Waals surface area (Å²) in [5.74, 6) is 0.955. The highest BCUT2D eigenvalue weighted by Crippen LogP contribution is 2.37. The molecule has 1 aliphatic rings. The first-order valence-corrected chi connectivity index (χ1v) is 7.87. The van der Waals surface area contributed by atoms with E-state index in [1.54, 1.807) is 7.11 Å². The lowest BCUT2D eigenvalue weighted by Gasteiger charge is -2.18. The minimum atomic E-state index is 0.500. The highest BCUT2D eigenvalue weighted by molar-refractivity contribution is 5.91. The topological polar surface area (TPSA) is 21.3 Å². The number of nitrogens with one attached hydrogen (secondary N) is 1.